The Balaban J connectivity index is 1.82. The largest absolute Gasteiger partial charge is 0.504 e. The quantitative estimate of drug-likeness (QED) is 0.398. The molecule has 0 aliphatic carbocycles. The lowest BCUT2D eigenvalue weighted by Gasteiger charge is -2.06. The van der Waals surface area contributed by atoms with Gasteiger partial charge in [0.15, 0.2) is 11.5 Å². The van der Waals surface area contributed by atoms with Gasteiger partial charge in [0.05, 0.1) is 20.4 Å². The van der Waals surface area contributed by atoms with Crippen molar-refractivity contribution in [2.75, 3.05) is 19.5 Å². The molecule has 0 spiro atoms. The van der Waals surface area contributed by atoms with E-state index >= 15 is 0 Å². The van der Waals surface area contributed by atoms with Gasteiger partial charge < -0.3 is 19.9 Å². The number of methoxy groups -OCH3 is 2. The maximum Gasteiger partial charge on any atom is 0.249 e. The monoisotopic (exact) mass is 357 g/mol. The molecule has 2 rings (SSSR count). The summed E-state index contributed by atoms with van der Waals surface area (Å²) >= 11 is 0. The van der Waals surface area contributed by atoms with E-state index in [2.05, 4.69) is 15.8 Å². The van der Waals surface area contributed by atoms with E-state index in [0.29, 0.717) is 22.7 Å². The number of nitrogens with one attached hydrogen (secondary N) is 2. The Morgan fingerprint density at radius 1 is 1.08 bits per heavy atom. The van der Waals surface area contributed by atoms with Gasteiger partial charge >= 0.3 is 0 Å². The van der Waals surface area contributed by atoms with E-state index < -0.39 is 11.8 Å². The van der Waals surface area contributed by atoms with Gasteiger partial charge in [-0.1, -0.05) is 0 Å². The third-order valence-electron chi connectivity index (χ3n) is 3.30. The molecule has 2 amide bonds. The second kappa shape index (κ2) is 9.07. The predicted octanol–water partition coefficient (Wildman–Crippen LogP) is 1.89. The Kier molecular flexibility index (Phi) is 6.55. The second-order valence-electron chi connectivity index (χ2n) is 5.18. The Morgan fingerprint density at radius 3 is 2.46 bits per heavy atom. The van der Waals surface area contributed by atoms with Crippen LogP contribution >= 0.6 is 0 Å². The van der Waals surface area contributed by atoms with Crippen LogP contribution in [0, 0.1) is 0 Å². The van der Waals surface area contributed by atoms with Crippen LogP contribution in [0.3, 0.4) is 0 Å². The van der Waals surface area contributed by atoms with Crippen LogP contribution in [0.4, 0.5) is 5.69 Å². The molecule has 136 valence electrons. The molecule has 0 radical (unpaired) electrons. The molecule has 0 fully saturated rings. The van der Waals surface area contributed by atoms with Crippen molar-refractivity contribution < 1.29 is 24.2 Å². The van der Waals surface area contributed by atoms with Crippen LogP contribution in [-0.2, 0) is 9.59 Å². The van der Waals surface area contributed by atoms with Crippen LogP contribution in [0.5, 0.6) is 17.2 Å². The molecular weight excluding hydrogens is 338 g/mol. The summed E-state index contributed by atoms with van der Waals surface area (Å²) in [6, 6.07) is 11.4. The topological polar surface area (TPSA) is 109 Å². The highest BCUT2D eigenvalue weighted by Crippen LogP contribution is 2.25. The molecule has 0 unspecified atom stereocenters. The molecule has 3 N–H and O–H groups in total. The highest BCUT2D eigenvalue weighted by molar-refractivity contribution is 6.03. The third kappa shape index (κ3) is 5.52. The summed E-state index contributed by atoms with van der Waals surface area (Å²) in [5.41, 5.74) is 3.44. The summed E-state index contributed by atoms with van der Waals surface area (Å²) in [5, 5.41) is 15.9. The third-order valence-corrected chi connectivity index (χ3v) is 3.30. The first-order chi connectivity index (χ1) is 12.5. The molecule has 0 aromatic heterocycles. The number of benzene rings is 2. The Bertz CT molecular complexity index is 803. The predicted molar refractivity (Wildman–Crippen MR) is 96.6 cm³/mol. The normalized spacial score (nSPS) is 10.4. The van der Waals surface area contributed by atoms with Crippen molar-refractivity contribution in [1.82, 2.24) is 5.43 Å². The Hall–Kier alpha value is -3.55. The molecule has 0 saturated carbocycles. The van der Waals surface area contributed by atoms with Crippen molar-refractivity contribution in [1.29, 1.82) is 0 Å². The van der Waals surface area contributed by atoms with Crippen molar-refractivity contribution in [3.8, 4) is 17.2 Å². The minimum absolute atomic E-state index is 0.00360. The first-order valence-electron chi connectivity index (χ1n) is 7.64. The fourth-order valence-corrected chi connectivity index (χ4v) is 2.02. The number of aromatic hydroxyl groups is 1. The number of hydrogen-bond donors (Lipinski definition) is 3. The lowest BCUT2D eigenvalue weighted by molar-refractivity contribution is -0.126. The van der Waals surface area contributed by atoms with E-state index in [4.69, 9.17) is 9.47 Å². The van der Waals surface area contributed by atoms with Crippen molar-refractivity contribution in [2.45, 2.75) is 6.42 Å². The summed E-state index contributed by atoms with van der Waals surface area (Å²) in [6.45, 7) is 0. The molecule has 0 aliphatic heterocycles. The van der Waals surface area contributed by atoms with Crippen molar-refractivity contribution in [2.24, 2.45) is 5.10 Å². The Morgan fingerprint density at radius 2 is 1.81 bits per heavy atom. The number of carbonyl (C=O) groups excluding carboxylic acids is 2. The zero-order valence-electron chi connectivity index (χ0n) is 14.4. The summed E-state index contributed by atoms with van der Waals surface area (Å²) in [7, 11) is 2.98. The lowest BCUT2D eigenvalue weighted by atomic mass is 10.2. The van der Waals surface area contributed by atoms with E-state index in [1.54, 1.807) is 43.5 Å². The summed E-state index contributed by atoms with van der Waals surface area (Å²) in [5.74, 6) is -0.0591. The van der Waals surface area contributed by atoms with Gasteiger partial charge in [-0.3, -0.25) is 9.59 Å². The fraction of sp³-hybridized carbons (Fsp3) is 0.167. The molecule has 2 aromatic carbocycles. The number of hydrogen-bond acceptors (Lipinski definition) is 6. The van der Waals surface area contributed by atoms with Crippen LogP contribution in [-0.4, -0.2) is 37.4 Å². The van der Waals surface area contributed by atoms with Gasteiger partial charge in [-0.25, -0.2) is 5.43 Å². The van der Waals surface area contributed by atoms with Gasteiger partial charge in [-0.05, 0) is 48.0 Å². The van der Waals surface area contributed by atoms with Gasteiger partial charge in [-0.2, -0.15) is 5.10 Å². The van der Waals surface area contributed by atoms with Crippen LogP contribution in [0.1, 0.15) is 12.0 Å². The first-order valence-corrected chi connectivity index (χ1v) is 7.64. The number of amides is 2. The van der Waals surface area contributed by atoms with Crippen molar-refractivity contribution >= 4 is 23.7 Å². The standard InChI is InChI=1S/C18H19N3O5/c1-25-14-6-4-13(5-7-14)20-17(23)10-18(24)21-19-11-12-3-8-15(22)16(9-12)26-2/h3-9,11,22H,10H2,1-2H3,(H,20,23)(H,21,24). The van der Waals surface area contributed by atoms with Crippen LogP contribution in [0.2, 0.25) is 0 Å². The van der Waals surface area contributed by atoms with Gasteiger partial charge in [0.25, 0.3) is 0 Å². The molecule has 0 bridgehead atoms. The summed E-state index contributed by atoms with van der Waals surface area (Å²) in [4.78, 5) is 23.6. The molecular formula is C18H19N3O5. The van der Waals surface area contributed by atoms with Crippen LogP contribution in [0.25, 0.3) is 0 Å². The zero-order valence-corrected chi connectivity index (χ0v) is 14.4. The molecule has 8 nitrogen and oxygen atoms in total. The van der Waals surface area contributed by atoms with Crippen LogP contribution < -0.4 is 20.2 Å². The van der Waals surface area contributed by atoms with Gasteiger partial charge in [0, 0.05) is 5.69 Å². The molecule has 8 heteroatoms. The highest BCUT2D eigenvalue weighted by atomic mass is 16.5. The van der Waals surface area contributed by atoms with E-state index in [1.807, 2.05) is 0 Å². The summed E-state index contributed by atoms with van der Waals surface area (Å²) < 4.78 is 10.0. The maximum atomic E-state index is 11.8. The van der Waals surface area contributed by atoms with Gasteiger partial charge in [-0.15, -0.1) is 0 Å². The molecule has 0 heterocycles. The molecule has 26 heavy (non-hydrogen) atoms. The molecule has 0 aliphatic rings. The second-order valence-corrected chi connectivity index (χ2v) is 5.18. The fourth-order valence-electron chi connectivity index (χ4n) is 2.02. The van der Waals surface area contributed by atoms with Gasteiger partial charge in [0.1, 0.15) is 12.2 Å². The van der Waals surface area contributed by atoms with Crippen molar-refractivity contribution in [3.63, 3.8) is 0 Å². The number of ether oxygens (including phenoxy) is 2. The minimum Gasteiger partial charge on any atom is -0.504 e. The minimum atomic E-state index is -0.557. The number of rotatable bonds is 7. The lowest BCUT2D eigenvalue weighted by Crippen LogP contribution is -2.24. The SMILES string of the molecule is COc1ccc(NC(=O)CC(=O)NN=Cc2ccc(O)c(OC)c2)cc1. The van der Waals surface area contributed by atoms with E-state index in [9.17, 15) is 14.7 Å². The number of anilines is 1. The number of carbonyl (C=O) groups is 2. The van der Waals surface area contributed by atoms with Crippen molar-refractivity contribution in [3.05, 3.63) is 48.0 Å². The van der Waals surface area contributed by atoms with Crippen LogP contribution in [0.15, 0.2) is 47.6 Å². The number of hydrazone groups is 1. The number of nitrogens with zero attached hydrogens (tertiary/aromatic N) is 1. The smallest absolute Gasteiger partial charge is 0.249 e. The van der Waals surface area contributed by atoms with E-state index in [1.165, 1.54) is 19.4 Å². The van der Waals surface area contributed by atoms with Gasteiger partial charge in [0.2, 0.25) is 11.8 Å². The average Bonchev–Trinajstić information content (AvgIpc) is 2.63. The molecule has 0 saturated heterocycles. The first kappa shape index (κ1) is 18.8. The van der Waals surface area contributed by atoms with E-state index in [-0.39, 0.29) is 12.2 Å². The Labute approximate surface area is 150 Å². The summed E-state index contributed by atoms with van der Waals surface area (Å²) in [6.07, 6.45) is 1.00. The maximum absolute atomic E-state index is 11.8. The zero-order chi connectivity index (χ0) is 18.9. The molecule has 0 atom stereocenters. The average molecular weight is 357 g/mol. The number of phenols is 1. The van der Waals surface area contributed by atoms with E-state index in [0.717, 1.165) is 0 Å². The molecule has 2 aromatic rings. The highest BCUT2D eigenvalue weighted by Gasteiger charge is 2.09. The number of phenolic OH excluding ortho intramolecular Hbond substituents is 1.